The Morgan fingerprint density at radius 2 is 1.73 bits per heavy atom. The van der Waals surface area contributed by atoms with Crippen LogP contribution in [0.2, 0.25) is 0 Å². The van der Waals surface area contributed by atoms with Gasteiger partial charge in [-0.2, -0.15) is 0 Å². The first-order valence-electron chi connectivity index (χ1n) is 8.74. The largest absolute Gasteiger partial charge is 0.357 e. The zero-order valence-corrected chi connectivity index (χ0v) is 17.2. The van der Waals surface area contributed by atoms with Crippen LogP contribution in [0.15, 0.2) is 24.3 Å². The Hall–Kier alpha value is -2.15. The third-order valence-electron chi connectivity index (χ3n) is 3.51. The van der Waals surface area contributed by atoms with E-state index >= 15 is 0 Å². The number of thiocarbonyl (C=S) groups is 1. The quantitative estimate of drug-likeness (QED) is 0.467. The van der Waals surface area contributed by atoms with Gasteiger partial charge in [0.15, 0.2) is 5.11 Å². The summed E-state index contributed by atoms with van der Waals surface area (Å²) in [5.74, 6) is -0.361. The Morgan fingerprint density at radius 1 is 1.12 bits per heavy atom. The molecular weight excluding hydrogens is 348 g/mol. The minimum Gasteiger partial charge on any atom is -0.357 e. The molecule has 0 unspecified atom stereocenters. The van der Waals surface area contributed by atoms with Gasteiger partial charge in [0.1, 0.15) is 6.04 Å². The number of rotatable bonds is 5. The summed E-state index contributed by atoms with van der Waals surface area (Å²) in [6, 6.07) is 6.63. The summed E-state index contributed by atoms with van der Waals surface area (Å²) in [6.45, 7) is 11.8. The number of carbonyl (C=O) groups excluding carboxylic acids is 2. The molecule has 0 radical (unpaired) electrons. The Kier molecular flexibility index (Phi) is 8.02. The van der Waals surface area contributed by atoms with Crippen molar-refractivity contribution in [3.05, 3.63) is 35.4 Å². The van der Waals surface area contributed by atoms with Gasteiger partial charge in [0.05, 0.1) is 0 Å². The lowest BCUT2D eigenvalue weighted by Crippen LogP contribution is -2.56. The monoisotopic (exact) mass is 378 g/mol. The first kappa shape index (κ1) is 21.9. The predicted octanol–water partition coefficient (Wildman–Crippen LogP) is 2.43. The number of carbonyl (C=O) groups is 2. The zero-order chi connectivity index (χ0) is 19.9. The zero-order valence-electron chi connectivity index (χ0n) is 16.4. The fraction of sp³-hybridized carbons (Fsp3) is 0.526. The Morgan fingerprint density at radius 3 is 2.27 bits per heavy atom. The molecule has 0 aromatic heterocycles. The molecule has 0 saturated heterocycles. The van der Waals surface area contributed by atoms with Crippen molar-refractivity contribution in [1.82, 2.24) is 21.5 Å². The van der Waals surface area contributed by atoms with Gasteiger partial charge in [-0.15, -0.1) is 0 Å². The van der Waals surface area contributed by atoms with Gasteiger partial charge in [0.2, 0.25) is 0 Å². The summed E-state index contributed by atoms with van der Waals surface area (Å²) in [5.41, 5.74) is 6.47. The topological polar surface area (TPSA) is 82.3 Å². The maximum absolute atomic E-state index is 12.5. The average Bonchev–Trinajstić information content (AvgIpc) is 2.50. The Labute approximate surface area is 161 Å². The molecule has 0 aliphatic heterocycles. The van der Waals surface area contributed by atoms with Crippen molar-refractivity contribution in [3.63, 3.8) is 0 Å². The minimum absolute atomic E-state index is 0.217. The Bertz CT molecular complexity index is 653. The molecule has 6 nitrogen and oxygen atoms in total. The van der Waals surface area contributed by atoms with Crippen molar-refractivity contribution in [2.75, 3.05) is 0 Å². The highest BCUT2D eigenvalue weighted by Gasteiger charge is 2.23. The van der Waals surface area contributed by atoms with E-state index in [1.165, 1.54) is 0 Å². The third kappa shape index (κ3) is 7.82. The second-order valence-corrected chi connectivity index (χ2v) is 8.20. The standard InChI is InChI=1S/C19H30N4O2S/c1-12(2)11-15(17(25)22-23-18(26)21-19(4,5)6)20-16(24)14-10-8-7-9-13(14)3/h7-10,12,15H,11H2,1-6H3,(H,20,24)(H,22,25)(H2,21,23,26)/t15-/m1/s1. The molecule has 26 heavy (non-hydrogen) atoms. The van der Waals surface area contributed by atoms with Gasteiger partial charge >= 0.3 is 0 Å². The van der Waals surface area contributed by atoms with Gasteiger partial charge in [-0.3, -0.25) is 20.4 Å². The van der Waals surface area contributed by atoms with Crippen LogP contribution >= 0.6 is 12.2 Å². The van der Waals surface area contributed by atoms with E-state index in [4.69, 9.17) is 12.2 Å². The maximum atomic E-state index is 12.5. The van der Waals surface area contributed by atoms with Crippen LogP contribution < -0.4 is 21.5 Å². The number of amides is 2. The van der Waals surface area contributed by atoms with Crippen LogP contribution in [-0.2, 0) is 4.79 Å². The molecule has 144 valence electrons. The highest BCUT2D eigenvalue weighted by Crippen LogP contribution is 2.10. The van der Waals surface area contributed by atoms with Crippen molar-refractivity contribution in [2.45, 2.75) is 59.5 Å². The van der Waals surface area contributed by atoms with Crippen molar-refractivity contribution < 1.29 is 9.59 Å². The highest BCUT2D eigenvalue weighted by atomic mass is 32.1. The van der Waals surface area contributed by atoms with E-state index in [1.54, 1.807) is 12.1 Å². The summed E-state index contributed by atoms with van der Waals surface area (Å²) in [5, 5.41) is 6.19. The highest BCUT2D eigenvalue weighted by molar-refractivity contribution is 7.80. The van der Waals surface area contributed by atoms with Crippen molar-refractivity contribution >= 4 is 29.1 Å². The van der Waals surface area contributed by atoms with Crippen LogP contribution in [0.1, 0.15) is 57.0 Å². The molecule has 0 aliphatic rings. The third-order valence-corrected chi connectivity index (χ3v) is 3.71. The fourth-order valence-electron chi connectivity index (χ4n) is 2.34. The van der Waals surface area contributed by atoms with E-state index < -0.39 is 6.04 Å². The molecule has 0 fully saturated rings. The minimum atomic E-state index is -0.660. The van der Waals surface area contributed by atoms with Gasteiger partial charge in [-0.05, 0) is 63.9 Å². The molecule has 7 heteroatoms. The molecule has 1 aromatic rings. The van der Waals surface area contributed by atoms with Crippen LogP contribution in [0, 0.1) is 12.8 Å². The van der Waals surface area contributed by atoms with Gasteiger partial charge in [0, 0.05) is 11.1 Å². The van der Waals surface area contributed by atoms with Gasteiger partial charge in [-0.1, -0.05) is 32.0 Å². The van der Waals surface area contributed by atoms with E-state index in [0.717, 1.165) is 5.56 Å². The summed E-state index contributed by atoms with van der Waals surface area (Å²) in [7, 11) is 0. The number of aryl methyl sites for hydroxylation is 1. The second kappa shape index (κ2) is 9.52. The lowest BCUT2D eigenvalue weighted by Gasteiger charge is -2.25. The summed E-state index contributed by atoms with van der Waals surface area (Å²) in [4.78, 5) is 25.1. The van der Waals surface area contributed by atoms with E-state index in [-0.39, 0.29) is 23.3 Å². The molecule has 1 atom stereocenters. The molecule has 0 saturated carbocycles. The molecule has 2 amide bonds. The number of hydrazine groups is 1. The molecule has 0 aliphatic carbocycles. The first-order valence-corrected chi connectivity index (χ1v) is 9.15. The van der Waals surface area contributed by atoms with Crippen molar-refractivity contribution in [3.8, 4) is 0 Å². The van der Waals surface area contributed by atoms with Gasteiger partial charge in [-0.25, -0.2) is 0 Å². The lowest BCUT2D eigenvalue weighted by molar-refractivity contribution is -0.123. The number of hydrogen-bond donors (Lipinski definition) is 4. The molecule has 0 bridgehead atoms. The average molecular weight is 379 g/mol. The summed E-state index contributed by atoms with van der Waals surface area (Å²) < 4.78 is 0. The first-order chi connectivity index (χ1) is 12.0. The molecular formula is C19H30N4O2S. The van der Waals surface area contributed by atoms with Crippen molar-refractivity contribution in [1.29, 1.82) is 0 Å². The van der Waals surface area contributed by atoms with E-state index in [9.17, 15) is 9.59 Å². The van der Waals surface area contributed by atoms with Crippen molar-refractivity contribution in [2.24, 2.45) is 5.92 Å². The SMILES string of the molecule is Cc1ccccc1C(=O)N[C@H](CC(C)C)C(=O)NNC(=S)NC(C)(C)C. The molecule has 0 spiro atoms. The van der Waals surface area contributed by atoms with Crippen LogP contribution in [-0.4, -0.2) is 28.5 Å². The second-order valence-electron chi connectivity index (χ2n) is 7.79. The van der Waals surface area contributed by atoms with Gasteiger partial charge < -0.3 is 10.6 Å². The van der Waals surface area contributed by atoms with E-state index in [0.29, 0.717) is 17.1 Å². The molecule has 1 aromatic carbocycles. The summed E-state index contributed by atoms with van der Waals surface area (Å²) >= 11 is 5.15. The number of benzene rings is 1. The number of nitrogens with one attached hydrogen (secondary N) is 4. The molecule has 1 rings (SSSR count). The lowest BCUT2D eigenvalue weighted by atomic mass is 10.0. The van der Waals surface area contributed by atoms with Crippen LogP contribution in [0.4, 0.5) is 0 Å². The van der Waals surface area contributed by atoms with E-state index in [2.05, 4.69) is 21.5 Å². The van der Waals surface area contributed by atoms with Crippen LogP contribution in [0.5, 0.6) is 0 Å². The van der Waals surface area contributed by atoms with Gasteiger partial charge in [0.25, 0.3) is 11.8 Å². The molecule has 0 heterocycles. The number of hydrogen-bond acceptors (Lipinski definition) is 3. The Balaban J connectivity index is 2.73. The molecule has 4 N–H and O–H groups in total. The smallest absolute Gasteiger partial charge is 0.260 e. The van der Waals surface area contributed by atoms with Crippen LogP contribution in [0.25, 0.3) is 0 Å². The van der Waals surface area contributed by atoms with E-state index in [1.807, 2.05) is 53.7 Å². The maximum Gasteiger partial charge on any atom is 0.260 e. The summed E-state index contributed by atoms with van der Waals surface area (Å²) in [6.07, 6.45) is 0.518. The normalized spacial score (nSPS) is 12.3. The van der Waals surface area contributed by atoms with Crippen LogP contribution in [0.3, 0.4) is 0 Å². The predicted molar refractivity (Wildman–Crippen MR) is 109 cm³/mol. The fourth-order valence-corrected chi connectivity index (χ4v) is 2.70.